The van der Waals surface area contributed by atoms with Crippen molar-refractivity contribution in [2.24, 2.45) is 11.8 Å². The van der Waals surface area contributed by atoms with Gasteiger partial charge in [0.1, 0.15) is 6.10 Å². The van der Waals surface area contributed by atoms with E-state index in [4.69, 9.17) is 4.74 Å². The highest BCUT2D eigenvalue weighted by Crippen LogP contribution is 2.47. The first-order valence-electron chi connectivity index (χ1n) is 17.5. The number of hydrogen-bond acceptors (Lipinski definition) is 6. The summed E-state index contributed by atoms with van der Waals surface area (Å²) in [5.74, 6) is 1.06. The normalized spacial score (nSPS) is 23.6. The van der Waals surface area contributed by atoms with E-state index in [0.717, 1.165) is 84.5 Å². The van der Waals surface area contributed by atoms with Crippen molar-refractivity contribution in [3.05, 3.63) is 65.2 Å². The van der Waals surface area contributed by atoms with Crippen molar-refractivity contribution in [1.29, 1.82) is 0 Å². The van der Waals surface area contributed by atoms with Gasteiger partial charge in [-0.05, 0) is 99.5 Å². The maximum absolute atomic E-state index is 12.5. The number of rotatable bonds is 12. The van der Waals surface area contributed by atoms with Crippen LogP contribution in [0.1, 0.15) is 80.3 Å². The van der Waals surface area contributed by atoms with E-state index in [1.807, 2.05) is 12.1 Å². The number of fused-ring (bicyclic) bond motifs is 1. The smallest absolute Gasteiger partial charge is 0.338 e. The van der Waals surface area contributed by atoms with Crippen LogP contribution in [0.2, 0.25) is 0 Å². The van der Waals surface area contributed by atoms with Gasteiger partial charge in [0.05, 0.1) is 5.56 Å². The lowest BCUT2D eigenvalue weighted by Crippen LogP contribution is -2.57. The fourth-order valence-corrected chi connectivity index (χ4v) is 8.25. The number of likely N-dealkylation sites (N-methyl/N-ethyl adjacent to an activating group) is 1. The molecular weight excluding hydrogens is 562 g/mol. The minimum atomic E-state index is -0.196. The summed E-state index contributed by atoms with van der Waals surface area (Å²) < 4.78 is 5.44. The van der Waals surface area contributed by atoms with E-state index in [-0.39, 0.29) is 29.6 Å². The Morgan fingerprint density at radius 3 is 2.38 bits per heavy atom. The quantitative estimate of drug-likeness (QED) is 0.311. The molecule has 1 saturated carbocycles. The number of urea groups is 1. The predicted molar refractivity (Wildman–Crippen MR) is 180 cm³/mol. The van der Waals surface area contributed by atoms with E-state index in [9.17, 15) is 9.59 Å². The number of benzene rings is 2. The van der Waals surface area contributed by atoms with Crippen molar-refractivity contribution >= 4 is 17.7 Å². The molecule has 3 fully saturated rings. The molecule has 8 heteroatoms. The van der Waals surface area contributed by atoms with Crippen LogP contribution in [-0.4, -0.2) is 86.8 Å². The number of amides is 2. The molecule has 2 atom stereocenters. The molecule has 2 amide bonds. The number of ether oxygens (including phenoxy) is 1. The summed E-state index contributed by atoms with van der Waals surface area (Å²) in [4.78, 5) is 32.5. The number of nitrogens with one attached hydrogen (secondary N) is 2. The lowest BCUT2D eigenvalue weighted by molar-refractivity contribution is 0.0472. The van der Waals surface area contributed by atoms with Gasteiger partial charge in [-0.15, -0.1) is 0 Å². The zero-order valence-electron chi connectivity index (χ0n) is 27.6. The monoisotopic (exact) mass is 615 g/mol. The topological polar surface area (TPSA) is 77.2 Å². The summed E-state index contributed by atoms with van der Waals surface area (Å²) in [5, 5.41) is 6.12. The van der Waals surface area contributed by atoms with Gasteiger partial charge in [0.2, 0.25) is 0 Å². The molecule has 2 saturated heterocycles. The molecule has 4 aliphatic rings. The maximum Gasteiger partial charge on any atom is 0.338 e. The van der Waals surface area contributed by atoms with Crippen molar-refractivity contribution < 1.29 is 14.3 Å². The first-order valence-corrected chi connectivity index (χ1v) is 17.5. The van der Waals surface area contributed by atoms with Gasteiger partial charge in [0.15, 0.2) is 0 Å². The Bertz CT molecular complexity index is 1300. The second kappa shape index (κ2) is 14.1. The van der Waals surface area contributed by atoms with Crippen LogP contribution >= 0.6 is 0 Å². The van der Waals surface area contributed by atoms with Crippen LogP contribution in [0.25, 0.3) is 0 Å². The number of anilines is 1. The minimum Gasteiger partial charge on any atom is -0.459 e. The first kappa shape index (κ1) is 31.9. The number of carbonyl (C=O) groups is 2. The molecule has 2 aromatic rings. The van der Waals surface area contributed by atoms with Gasteiger partial charge in [-0.2, -0.15) is 0 Å². The molecule has 2 aromatic carbocycles. The third-order valence-electron chi connectivity index (χ3n) is 10.8. The summed E-state index contributed by atoms with van der Waals surface area (Å²) in [6, 6.07) is 17.2. The highest BCUT2D eigenvalue weighted by molar-refractivity contribution is 5.90. The molecule has 1 aliphatic carbocycles. The number of hydrogen-bond donors (Lipinski definition) is 2. The Balaban J connectivity index is 1.08. The second-order valence-electron chi connectivity index (χ2n) is 14.0. The average molecular weight is 616 g/mol. The molecule has 8 nitrogen and oxygen atoms in total. The molecular formula is C37H53N5O3. The molecule has 3 aliphatic heterocycles. The molecule has 0 radical (unpaired) electrons. The average Bonchev–Trinajstić information content (AvgIpc) is 3.87. The van der Waals surface area contributed by atoms with Crippen molar-refractivity contribution in [1.82, 2.24) is 20.4 Å². The van der Waals surface area contributed by atoms with Gasteiger partial charge < -0.3 is 25.2 Å². The van der Waals surface area contributed by atoms with E-state index in [1.165, 1.54) is 29.7 Å². The molecule has 6 rings (SSSR count). The number of nitrogens with zero attached hydrogens (tertiary/aromatic N) is 3. The minimum absolute atomic E-state index is 0.0301. The van der Waals surface area contributed by atoms with E-state index >= 15 is 0 Å². The molecule has 0 spiro atoms. The van der Waals surface area contributed by atoms with Crippen LogP contribution < -0.4 is 15.5 Å². The molecule has 3 heterocycles. The molecule has 0 aromatic heterocycles. The second-order valence-corrected chi connectivity index (χ2v) is 14.0. The number of esters is 1. The van der Waals surface area contributed by atoms with E-state index in [0.29, 0.717) is 17.4 Å². The van der Waals surface area contributed by atoms with E-state index < -0.39 is 0 Å². The van der Waals surface area contributed by atoms with Crippen LogP contribution in [0.5, 0.6) is 0 Å². The van der Waals surface area contributed by atoms with Crippen LogP contribution in [0.3, 0.4) is 0 Å². The first-order chi connectivity index (χ1) is 21.9. The third-order valence-corrected chi connectivity index (χ3v) is 10.8. The fourth-order valence-electron chi connectivity index (χ4n) is 8.25. The van der Waals surface area contributed by atoms with Crippen molar-refractivity contribution in [3.8, 4) is 0 Å². The Morgan fingerprint density at radius 2 is 1.71 bits per heavy atom. The number of likely N-dealkylation sites (tertiary alicyclic amines) is 1. The van der Waals surface area contributed by atoms with Crippen LogP contribution in [0.15, 0.2) is 48.5 Å². The largest absolute Gasteiger partial charge is 0.459 e. The lowest BCUT2D eigenvalue weighted by atomic mass is 9.60. The lowest BCUT2D eigenvalue weighted by Gasteiger charge is -2.52. The maximum atomic E-state index is 12.5. The number of carbonyl (C=O) groups excluding carboxylic acids is 2. The van der Waals surface area contributed by atoms with Crippen molar-refractivity contribution in [3.63, 3.8) is 0 Å². The number of piperidine rings is 1. The van der Waals surface area contributed by atoms with Crippen molar-refractivity contribution in [2.75, 3.05) is 57.8 Å². The summed E-state index contributed by atoms with van der Waals surface area (Å²) in [5.41, 5.74) is 4.86. The van der Waals surface area contributed by atoms with Crippen molar-refractivity contribution in [2.45, 2.75) is 82.9 Å². The van der Waals surface area contributed by atoms with Gasteiger partial charge in [0, 0.05) is 62.8 Å². The third kappa shape index (κ3) is 7.33. The van der Waals surface area contributed by atoms with Gasteiger partial charge in [0.25, 0.3) is 0 Å². The van der Waals surface area contributed by atoms with E-state index in [1.54, 1.807) is 7.05 Å². The van der Waals surface area contributed by atoms with Gasteiger partial charge >= 0.3 is 12.0 Å². The summed E-state index contributed by atoms with van der Waals surface area (Å²) in [6.07, 6.45) is 7.56. The van der Waals surface area contributed by atoms with Crippen LogP contribution in [-0.2, 0) is 16.7 Å². The Hall–Kier alpha value is -3.10. The van der Waals surface area contributed by atoms with Gasteiger partial charge in [-0.3, -0.25) is 4.90 Å². The zero-order chi connectivity index (χ0) is 31.4. The Morgan fingerprint density at radius 1 is 0.978 bits per heavy atom. The SMILES string of the molecule is CCCC(CC1(C2CCN(CC3CN(c4ccc(C(=O)OC5CC5)cc4)C3)CC2)CN(CC)Cc2ccccc21)NC(=O)NC. The Kier molecular flexibility index (Phi) is 10.0. The molecule has 2 unspecified atom stereocenters. The van der Waals surface area contributed by atoms with Crippen LogP contribution in [0, 0.1) is 11.8 Å². The molecule has 45 heavy (non-hydrogen) atoms. The highest BCUT2D eigenvalue weighted by Gasteiger charge is 2.47. The van der Waals surface area contributed by atoms with Crippen LogP contribution in [0.4, 0.5) is 10.5 Å². The van der Waals surface area contributed by atoms with Gasteiger partial charge in [-0.1, -0.05) is 44.5 Å². The summed E-state index contributed by atoms with van der Waals surface area (Å²) in [7, 11) is 1.71. The summed E-state index contributed by atoms with van der Waals surface area (Å²) in [6.45, 7) is 13.2. The molecule has 2 N–H and O–H groups in total. The van der Waals surface area contributed by atoms with E-state index in [2.05, 4.69) is 75.6 Å². The standard InChI is InChI=1S/C37H53N5O3/c1-4-8-31(39-36(44)38-3)21-37(26-40(5-2)25-29-9-6-7-10-34(29)37)30-17-19-41(20-18-30)22-27-23-42(24-27)32-13-11-28(12-14-32)35(43)45-33-15-16-33/h6-7,9-14,27,30-31,33H,4-5,8,15-26H2,1-3H3,(H2,38,39,44). The highest BCUT2D eigenvalue weighted by atomic mass is 16.5. The molecule has 244 valence electrons. The Labute approximate surface area is 269 Å². The fraction of sp³-hybridized carbons (Fsp3) is 0.622. The molecule has 0 bridgehead atoms. The summed E-state index contributed by atoms with van der Waals surface area (Å²) >= 11 is 0. The zero-order valence-corrected chi connectivity index (χ0v) is 27.6. The van der Waals surface area contributed by atoms with Gasteiger partial charge in [-0.25, -0.2) is 9.59 Å². The predicted octanol–water partition coefficient (Wildman–Crippen LogP) is 5.42.